The maximum atomic E-state index is 3.36. The summed E-state index contributed by atoms with van der Waals surface area (Å²) in [5.74, 6) is 0. The molecule has 12 aromatic rings. The van der Waals surface area contributed by atoms with Crippen LogP contribution in [0.2, 0.25) is 0 Å². The summed E-state index contributed by atoms with van der Waals surface area (Å²) in [7, 11) is 0. The van der Waals surface area contributed by atoms with E-state index < -0.39 is 0 Å². The molecule has 0 aliphatic carbocycles. The Morgan fingerprint density at radius 1 is 0.258 bits per heavy atom. The Balaban J connectivity index is 0.00000104. The molecule has 0 aliphatic rings. The van der Waals surface area contributed by atoms with Crippen molar-refractivity contribution in [1.82, 2.24) is 13.7 Å². The highest BCUT2D eigenvalue weighted by Gasteiger charge is 2.18. The molecule has 3 aromatic heterocycles. The number of benzene rings is 9. The Labute approximate surface area is 360 Å². The lowest BCUT2D eigenvalue weighted by atomic mass is 10.1. The summed E-state index contributed by atoms with van der Waals surface area (Å²) in [5.41, 5.74) is 13.9. The van der Waals surface area contributed by atoms with E-state index in [4.69, 9.17) is 0 Å². The second-order valence-corrected chi connectivity index (χ2v) is 15.5. The van der Waals surface area contributed by atoms with Gasteiger partial charge in [-0.25, -0.2) is 0 Å². The van der Waals surface area contributed by atoms with E-state index in [1.807, 2.05) is 0 Å². The second-order valence-electron chi connectivity index (χ2n) is 15.5. The number of anilines is 3. The van der Waals surface area contributed by atoms with Crippen LogP contribution in [0.5, 0.6) is 0 Å². The number of rotatable bonds is 7. The largest absolute Gasteiger partial charge is 0.310 e. The molecule has 0 saturated carbocycles. The molecule has 0 fully saturated rings. The van der Waals surface area contributed by atoms with Crippen molar-refractivity contribution in [3.63, 3.8) is 0 Å². The zero-order valence-corrected chi connectivity index (χ0v) is 34.1. The van der Waals surface area contributed by atoms with Crippen LogP contribution in [0.3, 0.4) is 0 Å². The van der Waals surface area contributed by atoms with E-state index >= 15 is 0 Å². The summed E-state index contributed by atoms with van der Waals surface area (Å²) in [5, 5.41) is 7.56. The predicted molar refractivity (Wildman–Crippen MR) is 265 cm³/mol. The van der Waals surface area contributed by atoms with E-state index in [9.17, 15) is 0 Å². The standard InChI is InChI=1S/C54H36N4.C4H6/c1-7-19-49-43(13-1)44-14-2-8-20-50(44)56(49)40-31-25-37(26-32-40)55(38-27-33-41(34-28-38)57-51-21-9-3-15-45(51)46-16-4-10-22-52(46)57)39-29-35-42(36-30-39)58-53-23-11-5-17-47(53)48-18-6-12-24-54(48)58;1-3-4-2/h1-36H;3-4H,1-2H2. The summed E-state index contributed by atoms with van der Waals surface area (Å²) in [6, 6.07) is 79.1. The van der Waals surface area contributed by atoms with Crippen molar-refractivity contribution in [2.45, 2.75) is 0 Å². The van der Waals surface area contributed by atoms with Gasteiger partial charge in [0.05, 0.1) is 33.1 Å². The van der Waals surface area contributed by atoms with E-state index in [0.29, 0.717) is 0 Å². The summed E-state index contributed by atoms with van der Waals surface area (Å²) in [6.45, 7) is 6.72. The SMILES string of the molecule is C=CC=C.c1ccc2c(c1)c1ccccc1n2-c1ccc(N(c2ccc(-n3c4ccccc4c4ccccc43)cc2)c2ccc(-n3c4ccccc4c4ccccc43)cc2)cc1. The van der Waals surface area contributed by atoms with Crippen LogP contribution in [0.1, 0.15) is 0 Å². The van der Waals surface area contributed by atoms with Gasteiger partial charge in [0.25, 0.3) is 0 Å². The molecule has 0 atom stereocenters. The zero-order chi connectivity index (χ0) is 41.6. The molecule has 12 rings (SSSR count). The second kappa shape index (κ2) is 15.4. The fourth-order valence-electron chi connectivity index (χ4n) is 9.30. The molecule has 0 unspecified atom stereocenters. The number of aromatic nitrogens is 3. The van der Waals surface area contributed by atoms with Crippen LogP contribution in [-0.4, -0.2) is 13.7 Å². The molecule has 62 heavy (non-hydrogen) atoms. The van der Waals surface area contributed by atoms with Gasteiger partial charge in [-0.05, 0) is 109 Å². The van der Waals surface area contributed by atoms with Crippen LogP contribution in [0.4, 0.5) is 17.1 Å². The Hall–Kier alpha value is -8.34. The number of nitrogens with zero attached hydrogens (tertiary/aromatic N) is 4. The molecule has 4 heteroatoms. The average Bonchev–Trinajstić information content (AvgIpc) is 3.99. The van der Waals surface area contributed by atoms with Gasteiger partial charge in [0, 0.05) is 66.4 Å². The molecular formula is C58H42N4. The smallest absolute Gasteiger partial charge is 0.0541 e. The molecule has 9 aromatic carbocycles. The van der Waals surface area contributed by atoms with Gasteiger partial charge >= 0.3 is 0 Å². The molecule has 4 nitrogen and oxygen atoms in total. The molecule has 0 aliphatic heterocycles. The minimum Gasteiger partial charge on any atom is -0.310 e. The molecule has 0 N–H and O–H groups in total. The number of hydrogen-bond acceptors (Lipinski definition) is 1. The number of allylic oxidation sites excluding steroid dienone is 2. The highest BCUT2D eigenvalue weighted by Crippen LogP contribution is 2.40. The topological polar surface area (TPSA) is 18.0 Å². The first-order chi connectivity index (χ1) is 30.7. The highest BCUT2D eigenvalue weighted by molar-refractivity contribution is 6.11. The molecule has 0 amide bonds. The fraction of sp³-hybridized carbons (Fsp3) is 0. The van der Waals surface area contributed by atoms with Crippen LogP contribution in [0.15, 0.2) is 244 Å². The highest BCUT2D eigenvalue weighted by atomic mass is 15.1. The van der Waals surface area contributed by atoms with Crippen molar-refractivity contribution in [3.05, 3.63) is 244 Å². The molecule has 294 valence electrons. The first kappa shape index (κ1) is 36.7. The van der Waals surface area contributed by atoms with Gasteiger partial charge in [-0.15, -0.1) is 0 Å². The van der Waals surface area contributed by atoms with E-state index in [-0.39, 0.29) is 0 Å². The van der Waals surface area contributed by atoms with Gasteiger partial charge in [-0.3, -0.25) is 0 Å². The van der Waals surface area contributed by atoms with Crippen LogP contribution >= 0.6 is 0 Å². The van der Waals surface area contributed by atoms with Crippen molar-refractivity contribution in [2.24, 2.45) is 0 Å². The van der Waals surface area contributed by atoms with Gasteiger partial charge < -0.3 is 18.6 Å². The Morgan fingerprint density at radius 3 is 0.645 bits per heavy atom. The van der Waals surface area contributed by atoms with Gasteiger partial charge in [0.2, 0.25) is 0 Å². The van der Waals surface area contributed by atoms with Crippen molar-refractivity contribution in [1.29, 1.82) is 0 Å². The summed E-state index contributed by atoms with van der Waals surface area (Å²) in [4.78, 5) is 2.36. The fourth-order valence-corrected chi connectivity index (χ4v) is 9.30. The van der Waals surface area contributed by atoms with E-state index in [1.165, 1.54) is 65.4 Å². The molecule has 0 bridgehead atoms. The summed E-state index contributed by atoms with van der Waals surface area (Å²) < 4.78 is 7.12. The lowest BCUT2D eigenvalue weighted by Gasteiger charge is -2.26. The zero-order valence-electron chi connectivity index (χ0n) is 34.1. The number of hydrogen-bond donors (Lipinski definition) is 0. The van der Waals surface area contributed by atoms with Crippen molar-refractivity contribution in [2.75, 3.05) is 4.90 Å². The lowest BCUT2D eigenvalue weighted by molar-refractivity contribution is 1.16. The summed E-state index contributed by atoms with van der Waals surface area (Å²) in [6.07, 6.45) is 3.28. The van der Waals surface area contributed by atoms with Crippen molar-refractivity contribution in [3.8, 4) is 17.1 Å². The van der Waals surface area contributed by atoms with E-state index in [1.54, 1.807) is 12.2 Å². The third kappa shape index (κ3) is 6.00. The Morgan fingerprint density at radius 2 is 0.452 bits per heavy atom. The van der Waals surface area contributed by atoms with Crippen LogP contribution in [0, 0.1) is 0 Å². The van der Waals surface area contributed by atoms with Gasteiger partial charge in [-0.2, -0.15) is 0 Å². The average molecular weight is 795 g/mol. The quantitative estimate of drug-likeness (QED) is 0.147. The number of para-hydroxylation sites is 6. The first-order valence-corrected chi connectivity index (χ1v) is 21.0. The molecule has 3 heterocycles. The van der Waals surface area contributed by atoms with E-state index in [0.717, 1.165) is 34.1 Å². The third-order valence-electron chi connectivity index (χ3n) is 12.0. The van der Waals surface area contributed by atoms with Gasteiger partial charge in [0.1, 0.15) is 0 Å². The Kier molecular flexibility index (Phi) is 9.10. The third-order valence-corrected chi connectivity index (χ3v) is 12.0. The minimum absolute atomic E-state index is 1.08. The van der Waals surface area contributed by atoms with Crippen LogP contribution in [-0.2, 0) is 0 Å². The maximum absolute atomic E-state index is 3.36. The normalized spacial score (nSPS) is 11.4. The lowest BCUT2D eigenvalue weighted by Crippen LogP contribution is -2.10. The first-order valence-electron chi connectivity index (χ1n) is 21.0. The molecule has 0 spiro atoms. The predicted octanol–water partition coefficient (Wildman–Crippen LogP) is 15.8. The minimum atomic E-state index is 1.08. The maximum Gasteiger partial charge on any atom is 0.0541 e. The van der Waals surface area contributed by atoms with Crippen molar-refractivity contribution < 1.29 is 0 Å². The molecule has 0 saturated heterocycles. The molecule has 0 radical (unpaired) electrons. The van der Waals surface area contributed by atoms with Gasteiger partial charge in [0.15, 0.2) is 0 Å². The van der Waals surface area contributed by atoms with E-state index in [2.05, 4.69) is 250 Å². The van der Waals surface area contributed by atoms with Crippen LogP contribution < -0.4 is 4.90 Å². The monoisotopic (exact) mass is 794 g/mol. The molecular weight excluding hydrogens is 753 g/mol. The number of fused-ring (bicyclic) bond motifs is 9. The summed E-state index contributed by atoms with van der Waals surface area (Å²) >= 11 is 0. The van der Waals surface area contributed by atoms with Crippen molar-refractivity contribution >= 4 is 82.5 Å². The Bertz CT molecular complexity index is 3060. The van der Waals surface area contributed by atoms with Crippen LogP contribution in [0.25, 0.3) is 82.5 Å². The van der Waals surface area contributed by atoms with Gasteiger partial charge in [-0.1, -0.05) is 135 Å².